The highest BCUT2D eigenvalue weighted by Crippen LogP contribution is 2.39. The van der Waals surface area contributed by atoms with Gasteiger partial charge in [-0.2, -0.15) is 13.2 Å². The molecule has 112 valence electrons. The molecule has 0 atom stereocenters. The van der Waals surface area contributed by atoms with Gasteiger partial charge in [0.2, 0.25) is 0 Å². The predicted molar refractivity (Wildman–Crippen MR) is 71.1 cm³/mol. The number of aryl methyl sites for hydroxylation is 1. The predicted octanol–water partition coefficient (Wildman–Crippen LogP) is 3.98. The van der Waals surface area contributed by atoms with Crippen molar-refractivity contribution < 1.29 is 22.7 Å². The van der Waals surface area contributed by atoms with Crippen molar-refractivity contribution in [3.63, 3.8) is 0 Å². The minimum Gasteiger partial charge on any atom is -0.507 e. The van der Waals surface area contributed by atoms with Crippen molar-refractivity contribution in [2.24, 2.45) is 5.73 Å². The molecule has 0 saturated heterocycles. The summed E-state index contributed by atoms with van der Waals surface area (Å²) in [6.45, 7) is 1.28. The molecule has 0 fully saturated rings. The molecular weight excluding hydrogens is 286 g/mol. The number of alkyl halides is 3. The molecule has 21 heavy (non-hydrogen) atoms. The van der Waals surface area contributed by atoms with Crippen molar-refractivity contribution in [3.8, 4) is 16.9 Å². The van der Waals surface area contributed by atoms with Gasteiger partial charge in [0.15, 0.2) is 0 Å². The number of phenolic OH excluding ortho intramolecular Hbond substituents is 1. The Morgan fingerprint density at radius 2 is 1.86 bits per heavy atom. The van der Waals surface area contributed by atoms with Gasteiger partial charge < -0.3 is 10.8 Å². The molecule has 0 aliphatic rings. The van der Waals surface area contributed by atoms with Crippen LogP contribution in [0.25, 0.3) is 11.1 Å². The first-order valence-corrected chi connectivity index (χ1v) is 6.14. The first-order valence-electron chi connectivity index (χ1n) is 6.14. The molecule has 3 N–H and O–H groups in total. The molecule has 0 unspecified atom stereocenters. The first-order chi connectivity index (χ1) is 9.75. The van der Waals surface area contributed by atoms with Gasteiger partial charge in [0.25, 0.3) is 0 Å². The topological polar surface area (TPSA) is 46.2 Å². The van der Waals surface area contributed by atoms with Crippen molar-refractivity contribution >= 4 is 0 Å². The molecule has 0 amide bonds. The lowest BCUT2D eigenvalue weighted by molar-refractivity contribution is -0.140. The van der Waals surface area contributed by atoms with Crippen LogP contribution in [0.2, 0.25) is 0 Å². The lowest BCUT2D eigenvalue weighted by Crippen LogP contribution is -2.12. The van der Waals surface area contributed by atoms with Gasteiger partial charge in [-0.25, -0.2) is 4.39 Å². The van der Waals surface area contributed by atoms with E-state index in [1.54, 1.807) is 19.1 Å². The lowest BCUT2D eigenvalue weighted by atomic mass is 9.95. The summed E-state index contributed by atoms with van der Waals surface area (Å²) in [5.41, 5.74) is 4.58. The van der Waals surface area contributed by atoms with Crippen LogP contribution < -0.4 is 5.73 Å². The van der Waals surface area contributed by atoms with E-state index >= 15 is 0 Å². The van der Waals surface area contributed by atoms with Gasteiger partial charge in [0.1, 0.15) is 11.6 Å². The second-order valence-electron chi connectivity index (χ2n) is 4.67. The minimum absolute atomic E-state index is 0.0831. The summed E-state index contributed by atoms with van der Waals surface area (Å²) >= 11 is 0. The Labute approximate surface area is 118 Å². The molecule has 0 radical (unpaired) electrons. The fraction of sp³-hybridized carbons (Fsp3) is 0.200. The third kappa shape index (κ3) is 2.85. The monoisotopic (exact) mass is 299 g/mol. The van der Waals surface area contributed by atoms with Crippen LogP contribution in [0, 0.1) is 12.7 Å². The number of aromatic hydroxyl groups is 1. The molecule has 0 aliphatic carbocycles. The van der Waals surface area contributed by atoms with E-state index in [4.69, 9.17) is 5.73 Å². The van der Waals surface area contributed by atoms with Crippen molar-refractivity contribution in [1.82, 2.24) is 0 Å². The normalized spacial score (nSPS) is 11.7. The molecule has 0 aromatic heterocycles. The van der Waals surface area contributed by atoms with E-state index in [1.165, 1.54) is 12.1 Å². The summed E-state index contributed by atoms with van der Waals surface area (Å²) in [5.74, 6) is -1.54. The average molecular weight is 299 g/mol. The Morgan fingerprint density at radius 1 is 1.19 bits per heavy atom. The summed E-state index contributed by atoms with van der Waals surface area (Å²) < 4.78 is 52.6. The van der Waals surface area contributed by atoms with E-state index in [2.05, 4.69) is 0 Å². The van der Waals surface area contributed by atoms with Crippen LogP contribution in [0.3, 0.4) is 0 Å². The van der Waals surface area contributed by atoms with E-state index in [-0.39, 0.29) is 29.0 Å². The molecule has 0 heterocycles. The average Bonchev–Trinajstić information content (AvgIpc) is 2.38. The second kappa shape index (κ2) is 5.37. The van der Waals surface area contributed by atoms with E-state index in [0.29, 0.717) is 11.6 Å². The SMILES string of the molecule is Cc1cccc(O)c1-c1cc(CN)c(F)c(C(F)(F)F)c1. The summed E-state index contributed by atoms with van der Waals surface area (Å²) in [4.78, 5) is 0. The van der Waals surface area contributed by atoms with Crippen LogP contribution in [0.15, 0.2) is 30.3 Å². The van der Waals surface area contributed by atoms with Crippen molar-refractivity contribution in [3.05, 3.63) is 52.8 Å². The van der Waals surface area contributed by atoms with Gasteiger partial charge in [-0.05, 0) is 36.2 Å². The number of phenols is 1. The van der Waals surface area contributed by atoms with Crippen LogP contribution in [-0.2, 0) is 12.7 Å². The van der Waals surface area contributed by atoms with Gasteiger partial charge in [-0.1, -0.05) is 12.1 Å². The van der Waals surface area contributed by atoms with Crippen LogP contribution in [0.5, 0.6) is 5.75 Å². The minimum atomic E-state index is -4.83. The highest BCUT2D eigenvalue weighted by atomic mass is 19.4. The zero-order valence-electron chi connectivity index (χ0n) is 11.1. The quantitative estimate of drug-likeness (QED) is 0.824. The van der Waals surface area contributed by atoms with Crippen LogP contribution in [-0.4, -0.2) is 5.11 Å². The van der Waals surface area contributed by atoms with E-state index in [1.807, 2.05) is 0 Å². The molecule has 2 rings (SSSR count). The van der Waals surface area contributed by atoms with Crippen LogP contribution in [0.4, 0.5) is 17.6 Å². The zero-order valence-corrected chi connectivity index (χ0v) is 11.1. The van der Waals surface area contributed by atoms with Crippen molar-refractivity contribution in [2.45, 2.75) is 19.6 Å². The Kier molecular flexibility index (Phi) is 3.91. The molecule has 0 aliphatic heterocycles. The number of hydrogen-bond donors (Lipinski definition) is 2. The highest BCUT2D eigenvalue weighted by Gasteiger charge is 2.35. The molecule has 6 heteroatoms. The fourth-order valence-electron chi connectivity index (χ4n) is 2.21. The molecular formula is C15H13F4NO. The Balaban J connectivity index is 2.77. The van der Waals surface area contributed by atoms with E-state index in [9.17, 15) is 22.7 Å². The fourth-order valence-corrected chi connectivity index (χ4v) is 2.21. The van der Waals surface area contributed by atoms with Crippen molar-refractivity contribution in [1.29, 1.82) is 0 Å². The summed E-state index contributed by atoms with van der Waals surface area (Å²) in [7, 11) is 0. The molecule has 0 saturated carbocycles. The smallest absolute Gasteiger partial charge is 0.419 e. The number of rotatable bonds is 2. The Bertz CT molecular complexity index is 660. The third-order valence-corrected chi connectivity index (χ3v) is 3.21. The van der Waals surface area contributed by atoms with Gasteiger partial charge >= 0.3 is 6.18 Å². The van der Waals surface area contributed by atoms with Crippen molar-refractivity contribution in [2.75, 3.05) is 0 Å². The van der Waals surface area contributed by atoms with Crippen LogP contribution in [0.1, 0.15) is 16.7 Å². The Morgan fingerprint density at radius 3 is 2.38 bits per heavy atom. The van der Waals surface area contributed by atoms with Gasteiger partial charge in [-0.15, -0.1) is 0 Å². The third-order valence-electron chi connectivity index (χ3n) is 3.21. The lowest BCUT2D eigenvalue weighted by Gasteiger charge is -2.15. The van der Waals surface area contributed by atoms with Gasteiger partial charge in [0.05, 0.1) is 5.56 Å². The summed E-state index contributed by atoms with van der Waals surface area (Å²) in [6, 6.07) is 6.50. The molecule has 0 bridgehead atoms. The molecule has 2 aromatic carbocycles. The number of halogens is 4. The highest BCUT2D eigenvalue weighted by molar-refractivity contribution is 5.74. The number of hydrogen-bond acceptors (Lipinski definition) is 2. The maximum Gasteiger partial charge on any atom is 0.419 e. The first kappa shape index (κ1) is 15.3. The Hall–Kier alpha value is -2.08. The van der Waals surface area contributed by atoms with Gasteiger partial charge in [-0.3, -0.25) is 0 Å². The largest absolute Gasteiger partial charge is 0.507 e. The number of benzene rings is 2. The summed E-state index contributed by atoms with van der Waals surface area (Å²) in [5, 5.41) is 9.87. The zero-order chi connectivity index (χ0) is 15.8. The maximum atomic E-state index is 13.8. The summed E-state index contributed by atoms with van der Waals surface area (Å²) in [6.07, 6.45) is -4.83. The van der Waals surface area contributed by atoms with E-state index < -0.39 is 17.6 Å². The van der Waals surface area contributed by atoms with Gasteiger partial charge in [0, 0.05) is 17.7 Å². The molecule has 2 nitrogen and oxygen atoms in total. The number of nitrogens with two attached hydrogens (primary N) is 1. The maximum absolute atomic E-state index is 13.8. The molecule has 0 spiro atoms. The van der Waals surface area contributed by atoms with E-state index in [0.717, 1.165) is 0 Å². The molecule has 2 aromatic rings. The second-order valence-corrected chi connectivity index (χ2v) is 4.67. The van der Waals surface area contributed by atoms with Crippen LogP contribution >= 0.6 is 0 Å². The standard InChI is InChI=1S/C15H13F4NO/c1-8-3-2-4-12(21)13(8)9-5-10(7-20)14(16)11(6-9)15(17,18)19/h2-6,21H,7,20H2,1H3.